The lowest BCUT2D eigenvalue weighted by molar-refractivity contribution is -0.141. The molecule has 0 unspecified atom stereocenters. The number of nitrogens with one attached hydrogen (secondary N) is 1. The van der Waals surface area contributed by atoms with E-state index in [4.69, 9.17) is 0 Å². The van der Waals surface area contributed by atoms with Gasteiger partial charge in [0.05, 0.1) is 0 Å². The number of halogens is 1. The van der Waals surface area contributed by atoms with Crippen LogP contribution in [0.1, 0.15) is 54.9 Å². The average molecular weight is 598 g/mol. The zero-order valence-corrected chi connectivity index (χ0v) is 24.8. The van der Waals surface area contributed by atoms with E-state index in [0.29, 0.717) is 13.0 Å². The molecule has 0 saturated carbocycles. The molecule has 0 heterocycles. The minimum absolute atomic E-state index is 0.0109. The minimum Gasteiger partial charge on any atom is -0.352 e. The van der Waals surface area contributed by atoms with Gasteiger partial charge in [0.1, 0.15) is 6.04 Å². The minimum atomic E-state index is -0.653. The van der Waals surface area contributed by atoms with Crippen LogP contribution in [-0.4, -0.2) is 28.8 Å². The highest BCUT2D eigenvalue weighted by atomic mass is 79.9. The van der Waals surface area contributed by atoms with Crippen LogP contribution in [0.15, 0.2) is 120 Å². The molecular formula is C35H37BrN2O2. The van der Waals surface area contributed by atoms with Crippen molar-refractivity contribution < 1.29 is 9.59 Å². The lowest BCUT2D eigenvalue weighted by atomic mass is 9.87. The van der Waals surface area contributed by atoms with Crippen molar-refractivity contribution in [2.75, 3.05) is 0 Å². The van der Waals surface area contributed by atoms with Crippen LogP contribution in [0, 0.1) is 0 Å². The lowest BCUT2D eigenvalue weighted by Crippen LogP contribution is -2.52. The first-order valence-corrected chi connectivity index (χ1v) is 14.7. The van der Waals surface area contributed by atoms with E-state index in [1.165, 1.54) is 0 Å². The Balaban J connectivity index is 1.73. The monoisotopic (exact) mass is 596 g/mol. The van der Waals surface area contributed by atoms with Gasteiger partial charge in [-0.3, -0.25) is 9.59 Å². The van der Waals surface area contributed by atoms with Gasteiger partial charge in [-0.15, -0.1) is 0 Å². The van der Waals surface area contributed by atoms with Crippen molar-refractivity contribution >= 4 is 27.7 Å². The molecule has 0 fully saturated rings. The molecule has 2 amide bonds. The maximum atomic E-state index is 14.4. The largest absolute Gasteiger partial charge is 0.352 e. The lowest BCUT2D eigenvalue weighted by Gasteiger charge is -2.33. The fraction of sp³-hybridized carbons (Fsp3) is 0.257. The molecule has 206 valence electrons. The van der Waals surface area contributed by atoms with Gasteiger partial charge in [-0.25, -0.2) is 0 Å². The Hall–Kier alpha value is -3.70. The molecule has 4 nitrogen and oxygen atoms in total. The van der Waals surface area contributed by atoms with E-state index in [2.05, 4.69) is 45.5 Å². The molecule has 0 spiro atoms. The molecule has 1 N–H and O–H groups in total. The Morgan fingerprint density at radius 1 is 0.750 bits per heavy atom. The van der Waals surface area contributed by atoms with E-state index in [-0.39, 0.29) is 30.2 Å². The van der Waals surface area contributed by atoms with E-state index in [0.717, 1.165) is 33.1 Å². The highest BCUT2D eigenvalue weighted by Gasteiger charge is 2.32. The molecule has 0 aliphatic carbocycles. The van der Waals surface area contributed by atoms with E-state index >= 15 is 0 Å². The summed E-state index contributed by atoms with van der Waals surface area (Å²) in [5.74, 6) is -0.308. The van der Waals surface area contributed by atoms with Crippen molar-refractivity contribution in [2.45, 2.75) is 57.7 Å². The van der Waals surface area contributed by atoms with Crippen molar-refractivity contribution in [1.82, 2.24) is 10.2 Å². The van der Waals surface area contributed by atoms with Crippen LogP contribution in [0.3, 0.4) is 0 Å². The fourth-order valence-corrected chi connectivity index (χ4v) is 5.14. The predicted octanol–water partition coefficient (Wildman–Crippen LogP) is 7.53. The van der Waals surface area contributed by atoms with Crippen molar-refractivity contribution in [1.29, 1.82) is 0 Å². The number of amides is 2. The summed E-state index contributed by atoms with van der Waals surface area (Å²) in [6.07, 6.45) is 1.51. The number of carbonyl (C=O) groups excluding carboxylic acids is 2. The van der Waals surface area contributed by atoms with Crippen molar-refractivity contribution in [3.8, 4) is 0 Å². The molecule has 0 bridgehead atoms. The highest BCUT2D eigenvalue weighted by Crippen LogP contribution is 2.30. The van der Waals surface area contributed by atoms with E-state index < -0.39 is 6.04 Å². The van der Waals surface area contributed by atoms with E-state index in [9.17, 15) is 9.59 Å². The van der Waals surface area contributed by atoms with Gasteiger partial charge in [0.25, 0.3) is 0 Å². The molecule has 0 aromatic heterocycles. The molecule has 0 aliphatic heterocycles. The summed E-state index contributed by atoms with van der Waals surface area (Å²) in [5, 5.41) is 3.16. The van der Waals surface area contributed by atoms with Crippen molar-refractivity contribution in [3.05, 3.63) is 142 Å². The van der Waals surface area contributed by atoms with Crippen molar-refractivity contribution in [2.24, 2.45) is 0 Å². The first-order chi connectivity index (χ1) is 19.4. The first-order valence-electron chi connectivity index (χ1n) is 13.9. The molecule has 40 heavy (non-hydrogen) atoms. The number of hydrogen-bond donors (Lipinski definition) is 1. The molecule has 4 aromatic rings. The smallest absolute Gasteiger partial charge is 0.243 e. The normalized spacial score (nSPS) is 12.5. The van der Waals surface area contributed by atoms with Gasteiger partial charge >= 0.3 is 0 Å². The van der Waals surface area contributed by atoms with Crippen LogP contribution in [0.25, 0.3) is 0 Å². The summed E-state index contributed by atoms with van der Waals surface area (Å²) in [4.78, 5) is 30.0. The summed E-state index contributed by atoms with van der Waals surface area (Å²) < 4.78 is 0.970. The van der Waals surface area contributed by atoms with Crippen LogP contribution in [0.4, 0.5) is 0 Å². The van der Waals surface area contributed by atoms with Gasteiger partial charge in [0, 0.05) is 35.8 Å². The van der Waals surface area contributed by atoms with Crippen molar-refractivity contribution in [3.63, 3.8) is 0 Å². The molecule has 0 radical (unpaired) electrons. The number of benzene rings is 4. The second kappa shape index (κ2) is 14.6. The highest BCUT2D eigenvalue weighted by molar-refractivity contribution is 9.10. The first kappa shape index (κ1) is 29.3. The zero-order chi connectivity index (χ0) is 28.3. The van der Waals surface area contributed by atoms with Crippen LogP contribution < -0.4 is 5.32 Å². The summed E-state index contributed by atoms with van der Waals surface area (Å²) in [6.45, 7) is 4.39. The van der Waals surface area contributed by atoms with Gasteiger partial charge in [-0.05, 0) is 47.7 Å². The molecule has 4 rings (SSSR count). The van der Waals surface area contributed by atoms with Crippen LogP contribution in [0.2, 0.25) is 0 Å². The maximum absolute atomic E-state index is 14.4. The van der Waals surface area contributed by atoms with Gasteiger partial charge in [0.2, 0.25) is 11.8 Å². The molecule has 5 heteroatoms. The summed E-state index contributed by atoms with van der Waals surface area (Å²) >= 11 is 3.51. The molecule has 0 saturated heterocycles. The predicted molar refractivity (Wildman–Crippen MR) is 166 cm³/mol. The second-order valence-corrected chi connectivity index (χ2v) is 11.2. The summed E-state index contributed by atoms with van der Waals surface area (Å²) in [5.41, 5.74) is 4.15. The van der Waals surface area contributed by atoms with E-state index in [1.807, 2.05) is 105 Å². The number of rotatable bonds is 12. The summed E-state index contributed by atoms with van der Waals surface area (Å²) in [7, 11) is 0. The maximum Gasteiger partial charge on any atom is 0.243 e. The third-order valence-corrected chi connectivity index (χ3v) is 7.85. The van der Waals surface area contributed by atoms with E-state index in [1.54, 1.807) is 4.90 Å². The number of carbonyl (C=O) groups is 2. The molecule has 0 aliphatic rings. The quantitative estimate of drug-likeness (QED) is 0.184. The second-order valence-electron chi connectivity index (χ2n) is 10.2. The van der Waals surface area contributed by atoms with Gasteiger partial charge in [0.15, 0.2) is 0 Å². The third kappa shape index (κ3) is 8.15. The zero-order valence-electron chi connectivity index (χ0n) is 23.2. The Morgan fingerprint density at radius 3 is 1.80 bits per heavy atom. The molecule has 4 aromatic carbocycles. The number of nitrogens with zero attached hydrogens (tertiary/aromatic N) is 1. The number of hydrogen-bond acceptors (Lipinski definition) is 2. The fourth-order valence-electron chi connectivity index (χ4n) is 4.87. The Bertz CT molecular complexity index is 1310. The van der Waals surface area contributed by atoms with Gasteiger partial charge < -0.3 is 10.2 Å². The van der Waals surface area contributed by atoms with Crippen LogP contribution >= 0.6 is 15.9 Å². The molecular weight excluding hydrogens is 560 g/mol. The SMILES string of the molecule is CC[C@@H](C)NC(=O)[C@@H](Cc1ccccc1)N(Cc1ccc(Br)cc1)C(=O)CC(c1ccccc1)c1ccccc1. The summed E-state index contributed by atoms with van der Waals surface area (Å²) in [6, 6.07) is 37.5. The van der Waals surface area contributed by atoms with Crippen LogP contribution in [0.5, 0.6) is 0 Å². The van der Waals surface area contributed by atoms with Gasteiger partial charge in [-0.1, -0.05) is 126 Å². The Labute approximate surface area is 246 Å². The topological polar surface area (TPSA) is 49.4 Å². The Morgan fingerprint density at radius 2 is 1.27 bits per heavy atom. The average Bonchev–Trinajstić information content (AvgIpc) is 2.99. The standard InChI is InChI=1S/C35H37BrN2O2/c1-3-26(2)37-35(40)33(23-27-13-7-4-8-14-27)38(25-28-19-21-31(36)22-20-28)34(39)24-32(29-15-9-5-10-16-29)30-17-11-6-12-18-30/h4-22,26,32-33H,3,23-25H2,1-2H3,(H,37,40)/t26-,33-/m1/s1. The Kier molecular flexibility index (Phi) is 10.7. The third-order valence-electron chi connectivity index (χ3n) is 7.32. The van der Waals surface area contributed by atoms with Gasteiger partial charge in [-0.2, -0.15) is 0 Å². The molecule has 2 atom stereocenters. The van der Waals surface area contributed by atoms with Crippen LogP contribution in [-0.2, 0) is 22.6 Å².